The molecule has 0 unspecified atom stereocenters. The van der Waals surface area contributed by atoms with Crippen molar-refractivity contribution >= 4 is 39.1 Å². The topological polar surface area (TPSA) is 49.4 Å². The summed E-state index contributed by atoms with van der Waals surface area (Å²) in [5, 5.41) is 2.66. The van der Waals surface area contributed by atoms with Gasteiger partial charge in [-0.3, -0.25) is 9.59 Å². The van der Waals surface area contributed by atoms with Gasteiger partial charge >= 0.3 is 0 Å². The molecule has 0 fully saturated rings. The van der Waals surface area contributed by atoms with Gasteiger partial charge in [0.2, 0.25) is 5.91 Å². The fraction of sp³-hybridized carbons (Fsp3) is 0.455. The second-order valence-electron chi connectivity index (χ2n) is 3.68. The van der Waals surface area contributed by atoms with Crippen LogP contribution in [-0.4, -0.2) is 36.9 Å². The smallest absolute Gasteiger partial charge is 0.264 e. The van der Waals surface area contributed by atoms with Crippen molar-refractivity contribution in [2.45, 2.75) is 13.8 Å². The Balaban J connectivity index is 2.66. The lowest BCUT2D eigenvalue weighted by molar-refractivity contribution is -0.121. The Hall–Kier alpha value is -0.880. The molecule has 0 radical (unpaired) electrons. The summed E-state index contributed by atoms with van der Waals surface area (Å²) >= 11 is 4.76. The van der Waals surface area contributed by atoms with Crippen LogP contribution in [-0.2, 0) is 4.79 Å². The highest BCUT2D eigenvalue weighted by atomic mass is 79.9. The molecule has 1 aromatic rings. The lowest BCUT2D eigenvalue weighted by Crippen LogP contribution is -2.37. The van der Waals surface area contributed by atoms with Crippen molar-refractivity contribution in [3.05, 3.63) is 20.3 Å². The van der Waals surface area contributed by atoms with Crippen molar-refractivity contribution in [3.63, 3.8) is 0 Å². The molecule has 0 atom stereocenters. The van der Waals surface area contributed by atoms with E-state index in [2.05, 4.69) is 21.2 Å². The van der Waals surface area contributed by atoms with Gasteiger partial charge < -0.3 is 10.2 Å². The SMILES string of the molecule is CCNC(=O)CN(C)C(=O)c1cc(C)c(Br)s1. The molecule has 0 bridgehead atoms. The molecule has 4 nitrogen and oxygen atoms in total. The van der Waals surface area contributed by atoms with Crippen molar-refractivity contribution in [2.24, 2.45) is 0 Å². The summed E-state index contributed by atoms with van der Waals surface area (Å²) in [6.07, 6.45) is 0. The molecule has 0 spiro atoms. The van der Waals surface area contributed by atoms with Gasteiger partial charge in [0.1, 0.15) is 0 Å². The third-order valence-corrected chi connectivity index (χ3v) is 4.29. The average Bonchev–Trinajstić information content (AvgIpc) is 2.58. The highest BCUT2D eigenvalue weighted by molar-refractivity contribution is 9.11. The largest absolute Gasteiger partial charge is 0.355 e. The number of hydrogen-bond acceptors (Lipinski definition) is 3. The van der Waals surface area contributed by atoms with E-state index in [4.69, 9.17) is 0 Å². The Morgan fingerprint density at radius 1 is 1.53 bits per heavy atom. The predicted octanol–water partition coefficient (Wildman–Crippen LogP) is 2.03. The van der Waals surface area contributed by atoms with E-state index in [1.165, 1.54) is 16.2 Å². The number of thiophene rings is 1. The van der Waals surface area contributed by atoms with E-state index in [-0.39, 0.29) is 18.4 Å². The quantitative estimate of drug-likeness (QED) is 0.923. The van der Waals surface area contributed by atoms with Gasteiger partial charge in [-0.2, -0.15) is 0 Å². The van der Waals surface area contributed by atoms with Crippen LogP contribution in [0.15, 0.2) is 9.85 Å². The molecule has 1 N–H and O–H groups in total. The third kappa shape index (κ3) is 3.81. The number of rotatable bonds is 4. The van der Waals surface area contributed by atoms with Gasteiger partial charge in [-0.15, -0.1) is 11.3 Å². The van der Waals surface area contributed by atoms with Crippen LogP contribution in [0.25, 0.3) is 0 Å². The summed E-state index contributed by atoms with van der Waals surface area (Å²) in [4.78, 5) is 25.4. The Morgan fingerprint density at radius 2 is 2.18 bits per heavy atom. The molecular formula is C11H15BrN2O2S. The first kappa shape index (κ1) is 14.2. The minimum Gasteiger partial charge on any atom is -0.355 e. The zero-order valence-corrected chi connectivity index (χ0v) is 12.4. The minimum atomic E-state index is -0.143. The summed E-state index contributed by atoms with van der Waals surface area (Å²) in [5.74, 6) is -0.272. The predicted molar refractivity (Wildman–Crippen MR) is 72.4 cm³/mol. The number of hydrogen-bond donors (Lipinski definition) is 1. The van der Waals surface area contributed by atoms with Crippen LogP contribution in [0.1, 0.15) is 22.2 Å². The van der Waals surface area contributed by atoms with Crippen molar-refractivity contribution in [3.8, 4) is 0 Å². The highest BCUT2D eigenvalue weighted by Gasteiger charge is 2.17. The second-order valence-corrected chi connectivity index (χ2v) is 6.05. The number of nitrogens with zero attached hydrogens (tertiary/aromatic N) is 1. The average molecular weight is 319 g/mol. The lowest BCUT2D eigenvalue weighted by atomic mass is 10.3. The van der Waals surface area contributed by atoms with Crippen LogP contribution in [0.3, 0.4) is 0 Å². The van der Waals surface area contributed by atoms with E-state index in [1.54, 1.807) is 7.05 Å². The maximum absolute atomic E-state index is 12.0. The molecule has 0 saturated carbocycles. The first-order valence-corrected chi connectivity index (χ1v) is 6.84. The minimum absolute atomic E-state index is 0.0846. The molecule has 0 saturated heterocycles. The monoisotopic (exact) mass is 318 g/mol. The van der Waals surface area contributed by atoms with Gasteiger partial charge in [-0.25, -0.2) is 0 Å². The normalized spacial score (nSPS) is 10.1. The van der Waals surface area contributed by atoms with Gasteiger partial charge in [0.25, 0.3) is 5.91 Å². The summed E-state index contributed by atoms with van der Waals surface area (Å²) < 4.78 is 0.951. The molecular weight excluding hydrogens is 304 g/mol. The van der Waals surface area contributed by atoms with Crippen LogP contribution in [0, 0.1) is 6.92 Å². The maximum atomic E-state index is 12.0. The van der Waals surface area contributed by atoms with Crippen molar-refractivity contribution in [1.29, 1.82) is 0 Å². The molecule has 6 heteroatoms. The van der Waals surface area contributed by atoms with E-state index in [0.717, 1.165) is 9.35 Å². The van der Waals surface area contributed by atoms with Crippen LogP contribution in [0.4, 0.5) is 0 Å². The molecule has 0 aliphatic carbocycles. The number of amides is 2. The van der Waals surface area contributed by atoms with Gasteiger partial charge in [-0.1, -0.05) is 0 Å². The zero-order valence-electron chi connectivity index (χ0n) is 10.0. The van der Waals surface area contributed by atoms with Crippen molar-refractivity contribution in [1.82, 2.24) is 10.2 Å². The van der Waals surface area contributed by atoms with E-state index in [9.17, 15) is 9.59 Å². The van der Waals surface area contributed by atoms with Crippen LogP contribution in [0.5, 0.6) is 0 Å². The van der Waals surface area contributed by atoms with E-state index in [1.807, 2.05) is 19.9 Å². The number of carbonyl (C=O) groups excluding carboxylic acids is 2. The first-order chi connectivity index (χ1) is 7.95. The van der Waals surface area contributed by atoms with Gasteiger partial charge in [0, 0.05) is 13.6 Å². The summed E-state index contributed by atoms with van der Waals surface area (Å²) in [5.41, 5.74) is 1.03. The Labute approximate surface area is 113 Å². The van der Waals surface area contributed by atoms with Crippen LogP contribution >= 0.6 is 27.3 Å². The molecule has 0 aromatic carbocycles. The fourth-order valence-electron chi connectivity index (χ4n) is 1.29. The number of carbonyl (C=O) groups is 2. The van der Waals surface area contributed by atoms with E-state index in [0.29, 0.717) is 11.4 Å². The Kier molecular flexibility index (Phi) is 5.14. The second kappa shape index (κ2) is 6.16. The molecule has 2 amide bonds. The molecule has 1 aromatic heterocycles. The fourth-order valence-corrected chi connectivity index (χ4v) is 2.82. The van der Waals surface area contributed by atoms with Crippen molar-refractivity contribution in [2.75, 3.05) is 20.1 Å². The Morgan fingerprint density at radius 3 is 2.65 bits per heavy atom. The van der Waals surface area contributed by atoms with Gasteiger partial charge in [-0.05, 0) is 41.4 Å². The number of likely N-dealkylation sites (N-methyl/N-ethyl adjacent to an activating group) is 2. The molecule has 1 heterocycles. The Bertz CT molecular complexity index is 412. The maximum Gasteiger partial charge on any atom is 0.264 e. The van der Waals surface area contributed by atoms with E-state index < -0.39 is 0 Å². The molecule has 94 valence electrons. The van der Waals surface area contributed by atoms with Gasteiger partial charge in [0.05, 0.1) is 15.2 Å². The summed E-state index contributed by atoms with van der Waals surface area (Å²) in [6, 6.07) is 1.82. The number of aryl methyl sites for hydroxylation is 1. The first-order valence-electron chi connectivity index (χ1n) is 5.23. The van der Waals surface area contributed by atoms with Crippen LogP contribution < -0.4 is 5.32 Å². The summed E-state index contributed by atoms with van der Waals surface area (Å²) in [7, 11) is 1.63. The zero-order chi connectivity index (χ0) is 13.0. The molecule has 0 aliphatic heterocycles. The lowest BCUT2D eigenvalue weighted by Gasteiger charge is -2.15. The molecule has 0 aliphatic rings. The van der Waals surface area contributed by atoms with Crippen molar-refractivity contribution < 1.29 is 9.59 Å². The third-order valence-electron chi connectivity index (χ3n) is 2.17. The van der Waals surface area contributed by atoms with Crippen LogP contribution in [0.2, 0.25) is 0 Å². The highest BCUT2D eigenvalue weighted by Crippen LogP contribution is 2.27. The molecule has 17 heavy (non-hydrogen) atoms. The number of nitrogens with one attached hydrogen (secondary N) is 1. The molecule has 1 rings (SSSR count). The standard InChI is InChI=1S/C11H15BrN2O2S/c1-4-13-9(15)6-14(3)11(16)8-5-7(2)10(12)17-8/h5H,4,6H2,1-3H3,(H,13,15). The van der Waals surface area contributed by atoms with Gasteiger partial charge in [0.15, 0.2) is 0 Å². The summed E-state index contributed by atoms with van der Waals surface area (Å²) in [6.45, 7) is 4.44. The van der Waals surface area contributed by atoms with E-state index >= 15 is 0 Å². The number of halogens is 1.